The Balaban J connectivity index is 1.55. The number of methoxy groups -OCH3 is 1. The molecule has 0 bridgehead atoms. The van der Waals surface area contributed by atoms with E-state index >= 15 is 0 Å². The normalized spacial score (nSPS) is 15.1. The third-order valence-corrected chi connectivity index (χ3v) is 5.99. The summed E-state index contributed by atoms with van der Waals surface area (Å²) in [6, 6.07) is 21.8. The lowest BCUT2D eigenvalue weighted by molar-refractivity contribution is -0.122. The molecule has 0 atom stereocenters. The molecule has 7 nitrogen and oxygen atoms in total. The number of hydrogen-bond donors (Lipinski definition) is 1. The first kappa shape index (κ1) is 22.2. The summed E-state index contributed by atoms with van der Waals surface area (Å²) in [6.45, 7) is 2.69. The van der Waals surface area contributed by atoms with Gasteiger partial charge in [-0.2, -0.15) is 0 Å². The molecule has 5 rings (SSSR count). The Kier molecular flexibility index (Phi) is 5.66. The van der Waals surface area contributed by atoms with Gasteiger partial charge in [0.2, 0.25) is 0 Å². The highest BCUT2D eigenvalue weighted by molar-refractivity contribution is 6.39. The first-order chi connectivity index (χ1) is 16.9. The fourth-order valence-electron chi connectivity index (χ4n) is 4.31. The molecule has 3 aromatic carbocycles. The number of aryl methyl sites for hydroxylation is 1. The van der Waals surface area contributed by atoms with Crippen molar-refractivity contribution in [3.63, 3.8) is 0 Å². The fourth-order valence-corrected chi connectivity index (χ4v) is 4.31. The van der Waals surface area contributed by atoms with E-state index in [2.05, 4.69) is 35.0 Å². The average molecular weight is 466 g/mol. The van der Waals surface area contributed by atoms with E-state index in [0.29, 0.717) is 18.0 Å². The van der Waals surface area contributed by atoms with Crippen LogP contribution in [0.3, 0.4) is 0 Å². The number of rotatable bonds is 5. The molecule has 1 N–H and O–H groups in total. The zero-order chi connectivity index (χ0) is 24.5. The molecule has 2 heterocycles. The number of fused-ring (bicyclic) bond motifs is 1. The highest BCUT2D eigenvalue weighted by atomic mass is 16.5. The van der Waals surface area contributed by atoms with Crippen molar-refractivity contribution in [2.45, 2.75) is 13.5 Å². The Morgan fingerprint density at radius 1 is 0.943 bits per heavy atom. The van der Waals surface area contributed by atoms with Crippen molar-refractivity contribution in [2.24, 2.45) is 0 Å². The van der Waals surface area contributed by atoms with E-state index in [-0.39, 0.29) is 5.57 Å². The van der Waals surface area contributed by atoms with Gasteiger partial charge in [0.25, 0.3) is 11.8 Å². The number of nitrogens with one attached hydrogen (secondary N) is 1. The lowest BCUT2D eigenvalue weighted by atomic mass is 10.1. The SMILES string of the molecule is COc1ccc(N2C(=O)NC(=O)/C(=C\c3cn(Cc4cccc(C)c4)c4ccccc34)C2=O)cc1. The number of amides is 4. The third-order valence-electron chi connectivity index (χ3n) is 5.99. The minimum Gasteiger partial charge on any atom is -0.497 e. The molecule has 0 saturated carbocycles. The van der Waals surface area contributed by atoms with Crippen LogP contribution in [-0.4, -0.2) is 29.5 Å². The van der Waals surface area contributed by atoms with Gasteiger partial charge in [-0.1, -0.05) is 48.0 Å². The summed E-state index contributed by atoms with van der Waals surface area (Å²) in [6.07, 6.45) is 3.48. The number of urea groups is 1. The predicted molar refractivity (Wildman–Crippen MR) is 134 cm³/mol. The van der Waals surface area contributed by atoms with Gasteiger partial charge < -0.3 is 9.30 Å². The van der Waals surface area contributed by atoms with Crippen LogP contribution in [0.2, 0.25) is 0 Å². The minimum atomic E-state index is -0.788. The molecule has 0 aliphatic carbocycles. The van der Waals surface area contributed by atoms with E-state index in [9.17, 15) is 14.4 Å². The molecule has 1 aromatic heterocycles. The summed E-state index contributed by atoms with van der Waals surface area (Å²) in [4.78, 5) is 39.5. The van der Waals surface area contributed by atoms with E-state index < -0.39 is 17.8 Å². The van der Waals surface area contributed by atoms with Crippen LogP contribution in [0, 0.1) is 6.92 Å². The molecular weight excluding hydrogens is 442 g/mol. The van der Waals surface area contributed by atoms with Gasteiger partial charge in [-0.25, -0.2) is 9.69 Å². The Labute approximate surface area is 202 Å². The molecule has 0 spiro atoms. The van der Waals surface area contributed by atoms with E-state index in [1.54, 1.807) is 30.3 Å². The van der Waals surface area contributed by atoms with Crippen molar-refractivity contribution in [2.75, 3.05) is 12.0 Å². The van der Waals surface area contributed by atoms with Crippen molar-refractivity contribution in [1.82, 2.24) is 9.88 Å². The van der Waals surface area contributed by atoms with Gasteiger partial charge in [0.15, 0.2) is 0 Å². The Bertz CT molecular complexity index is 1500. The first-order valence-corrected chi connectivity index (χ1v) is 11.1. The molecule has 35 heavy (non-hydrogen) atoms. The van der Waals surface area contributed by atoms with Crippen LogP contribution < -0.4 is 15.0 Å². The lowest BCUT2D eigenvalue weighted by Crippen LogP contribution is -2.54. The molecule has 174 valence electrons. The van der Waals surface area contributed by atoms with Crippen LogP contribution in [0.25, 0.3) is 17.0 Å². The molecule has 7 heteroatoms. The van der Waals surface area contributed by atoms with Gasteiger partial charge in [0.1, 0.15) is 11.3 Å². The van der Waals surface area contributed by atoms with Crippen LogP contribution in [0.1, 0.15) is 16.7 Å². The van der Waals surface area contributed by atoms with Gasteiger partial charge in [0, 0.05) is 29.2 Å². The van der Waals surface area contributed by atoms with Gasteiger partial charge in [-0.3, -0.25) is 14.9 Å². The third kappa shape index (κ3) is 4.19. The molecule has 4 amide bonds. The van der Waals surface area contributed by atoms with E-state index in [0.717, 1.165) is 26.9 Å². The summed E-state index contributed by atoms with van der Waals surface area (Å²) in [5.74, 6) is -0.813. The summed E-state index contributed by atoms with van der Waals surface area (Å²) in [5.41, 5.74) is 4.25. The zero-order valence-corrected chi connectivity index (χ0v) is 19.3. The first-order valence-electron chi connectivity index (χ1n) is 11.1. The molecule has 4 aromatic rings. The van der Waals surface area contributed by atoms with Crippen LogP contribution >= 0.6 is 0 Å². The van der Waals surface area contributed by atoms with Crippen molar-refractivity contribution in [3.05, 3.63) is 101 Å². The molecule has 1 aliphatic rings. The number of anilines is 1. The van der Waals surface area contributed by atoms with Crippen molar-refractivity contribution < 1.29 is 19.1 Å². The number of carbonyl (C=O) groups is 3. The van der Waals surface area contributed by atoms with Crippen LogP contribution in [0.4, 0.5) is 10.5 Å². The second-order valence-electron chi connectivity index (χ2n) is 8.37. The standard InChI is InChI=1S/C28H23N3O4/c1-18-6-5-7-19(14-18)16-30-17-20(23-8-3-4-9-25(23)30)15-24-26(32)29-28(34)31(27(24)33)21-10-12-22(35-2)13-11-21/h3-15,17H,16H2,1-2H3,(H,29,32,34)/b24-15+. The minimum absolute atomic E-state index is 0.112. The number of aromatic nitrogens is 1. The Morgan fingerprint density at radius 3 is 2.46 bits per heavy atom. The highest BCUT2D eigenvalue weighted by Gasteiger charge is 2.37. The van der Waals surface area contributed by atoms with E-state index in [1.807, 2.05) is 36.5 Å². The van der Waals surface area contributed by atoms with E-state index in [1.165, 1.54) is 12.7 Å². The lowest BCUT2D eigenvalue weighted by Gasteiger charge is -2.26. The largest absolute Gasteiger partial charge is 0.497 e. The predicted octanol–water partition coefficient (Wildman–Crippen LogP) is 4.67. The highest BCUT2D eigenvalue weighted by Crippen LogP contribution is 2.28. The maximum Gasteiger partial charge on any atom is 0.335 e. The maximum atomic E-state index is 13.3. The second-order valence-corrected chi connectivity index (χ2v) is 8.37. The van der Waals surface area contributed by atoms with Gasteiger partial charge in [0.05, 0.1) is 12.8 Å². The average Bonchev–Trinajstić information content (AvgIpc) is 3.19. The van der Waals surface area contributed by atoms with Crippen molar-refractivity contribution >= 4 is 40.5 Å². The van der Waals surface area contributed by atoms with Gasteiger partial charge in [-0.15, -0.1) is 0 Å². The monoisotopic (exact) mass is 465 g/mol. The number of para-hydroxylation sites is 1. The van der Waals surface area contributed by atoms with Crippen molar-refractivity contribution in [1.29, 1.82) is 0 Å². The topological polar surface area (TPSA) is 80.6 Å². The second kappa shape index (κ2) is 8.95. The molecule has 1 saturated heterocycles. The quantitative estimate of drug-likeness (QED) is 0.343. The number of ether oxygens (including phenoxy) is 1. The fraction of sp³-hybridized carbons (Fsp3) is 0.107. The number of carbonyl (C=O) groups excluding carboxylic acids is 3. The summed E-state index contributed by atoms with van der Waals surface area (Å²) in [5, 5.41) is 3.18. The summed E-state index contributed by atoms with van der Waals surface area (Å²) in [7, 11) is 1.53. The van der Waals surface area contributed by atoms with Crippen LogP contribution in [-0.2, 0) is 16.1 Å². The zero-order valence-electron chi connectivity index (χ0n) is 19.3. The Morgan fingerprint density at radius 2 is 1.71 bits per heavy atom. The maximum absolute atomic E-state index is 13.3. The smallest absolute Gasteiger partial charge is 0.335 e. The van der Waals surface area contributed by atoms with Gasteiger partial charge in [-0.05, 0) is 48.9 Å². The number of benzene rings is 3. The molecule has 1 aliphatic heterocycles. The van der Waals surface area contributed by atoms with Crippen molar-refractivity contribution in [3.8, 4) is 5.75 Å². The van der Waals surface area contributed by atoms with Crippen LogP contribution in [0.5, 0.6) is 5.75 Å². The van der Waals surface area contributed by atoms with Gasteiger partial charge >= 0.3 is 6.03 Å². The molecule has 1 fully saturated rings. The number of barbiturate groups is 1. The number of imide groups is 2. The van der Waals surface area contributed by atoms with Crippen LogP contribution in [0.15, 0.2) is 84.6 Å². The Hall–Kier alpha value is -4.65. The molecule has 0 unspecified atom stereocenters. The number of nitrogens with zero attached hydrogens (tertiary/aromatic N) is 2. The summed E-state index contributed by atoms with van der Waals surface area (Å²) >= 11 is 0. The molecular formula is C28H23N3O4. The van der Waals surface area contributed by atoms with E-state index in [4.69, 9.17) is 4.74 Å². The summed E-state index contributed by atoms with van der Waals surface area (Å²) < 4.78 is 7.24. The molecule has 0 radical (unpaired) electrons. The number of hydrogen-bond acceptors (Lipinski definition) is 4.